The number of nitro benzene ring substituents is 1. The number of hydrogen-bond donors (Lipinski definition) is 2. The largest absolute Gasteiger partial charge is 0.368 e. The molecule has 0 bridgehead atoms. The second-order valence-corrected chi connectivity index (χ2v) is 7.35. The third-order valence-corrected chi connectivity index (χ3v) is 5.17. The van der Waals surface area contributed by atoms with Gasteiger partial charge in [0.2, 0.25) is 11.8 Å². The summed E-state index contributed by atoms with van der Waals surface area (Å²) in [7, 11) is -1.32. The number of nitrogens with two attached hydrogens (primary N) is 1. The molecule has 142 valence electrons. The first kappa shape index (κ1) is 20.2. The third kappa shape index (κ3) is 6.30. The number of nitrogens with zero attached hydrogens (tertiary/aromatic N) is 1. The van der Waals surface area contributed by atoms with Crippen molar-refractivity contribution in [3.63, 3.8) is 0 Å². The van der Waals surface area contributed by atoms with Gasteiger partial charge in [0.25, 0.3) is 5.69 Å². The van der Waals surface area contributed by atoms with Crippen LogP contribution >= 0.6 is 0 Å². The first-order chi connectivity index (χ1) is 12.9. The monoisotopic (exact) mass is 389 g/mol. The molecule has 0 unspecified atom stereocenters. The molecule has 3 N–H and O–H groups in total. The van der Waals surface area contributed by atoms with Crippen molar-refractivity contribution in [3.8, 4) is 0 Å². The number of carbonyl (C=O) groups excluding carboxylic acids is 2. The van der Waals surface area contributed by atoms with E-state index in [1.54, 1.807) is 36.4 Å². The number of carbonyl (C=O) groups is 2. The molecule has 9 heteroatoms. The second-order valence-electron chi connectivity index (χ2n) is 5.78. The van der Waals surface area contributed by atoms with E-state index in [0.717, 1.165) is 0 Å². The lowest BCUT2D eigenvalue weighted by atomic mass is 10.1. The minimum atomic E-state index is -1.32. The van der Waals surface area contributed by atoms with Crippen LogP contribution in [0.15, 0.2) is 59.5 Å². The number of primary amides is 1. The molecule has 2 aromatic rings. The highest BCUT2D eigenvalue weighted by molar-refractivity contribution is 7.85. The first-order valence-corrected chi connectivity index (χ1v) is 9.44. The summed E-state index contributed by atoms with van der Waals surface area (Å²) >= 11 is 0. The van der Waals surface area contributed by atoms with Crippen LogP contribution in [0.3, 0.4) is 0 Å². The van der Waals surface area contributed by atoms with Crippen LogP contribution < -0.4 is 11.1 Å². The molecule has 0 aliphatic rings. The highest BCUT2D eigenvalue weighted by Gasteiger charge is 2.20. The van der Waals surface area contributed by atoms with Crippen LogP contribution in [0.1, 0.15) is 12.0 Å². The third-order valence-electron chi connectivity index (χ3n) is 3.76. The predicted molar refractivity (Wildman–Crippen MR) is 100 cm³/mol. The fourth-order valence-electron chi connectivity index (χ4n) is 2.41. The van der Waals surface area contributed by atoms with Crippen molar-refractivity contribution in [1.82, 2.24) is 5.32 Å². The quantitative estimate of drug-likeness (QED) is 0.493. The van der Waals surface area contributed by atoms with E-state index < -0.39 is 33.6 Å². The minimum Gasteiger partial charge on any atom is -0.368 e. The fourth-order valence-corrected chi connectivity index (χ4v) is 3.56. The molecule has 2 amide bonds. The fraction of sp³-hybridized carbons (Fsp3) is 0.222. The topological polar surface area (TPSA) is 132 Å². The van der Waals surface area contributed by atoms with E-state index in [-0.39, 0.29) is 24.3 Å². The highest BCUT2D eigenvalue weighted by atomic mass is 32.2. The smallest absolute Gasteiger partial charge is 0.269 e. The summed E-state index contributed by atoms with van der Waals surface area (Å²) in [6.45, 7) is 0. The Hall–Kier alpha value is -3.07. The predicted octanol–water partition coefficient (Wildman–Crippen LogP) is 1.31. The van der Waals surface area contributed by atoms with Crippen LogP contribution in [0.4, 0.5) is 5.69 Å². The Bertz CT molecular complexity index is 857. The molecular weight excluding hydrogens is 370 g/mol. The number of nitro groups is 1. The van der Waals surface area contributed by atoms with E-state index in [1.807, 2.05) is 0 Å². The summed E-state index contributed by atoms with van der Waals surface area (Å²) in [4.78, 5) is 34.6. The van der Waals surface area contributed by atoms with Crippen molar-refractivity contribution >= 4 is 28.3 Å². The molecule has 2 rings (SSSR count). The normalized spacial score (nSPS) is 12.7. The molecule has 0 fully saturated rings. The average Bonchev–Trinajstić information content (AvgIpc) is 2.65. The molecule has 0 aliphatic carbocycles. The molecule has 0 aliphatic heterocycles. The number of non-ortho nitro benzene ring substituents is 1. The lowest BCUT2D eigenvalue weighted by Crippen LogP contribution is -2.45. The van der Waals surface area contributed by atoms with Gasteiger partial charge in [-0.05, 0) is 24.1 Å². The lowest BCUT2D eigenvalue weighted by molar-refractivity contribution is -0.384. The summed E-state index contributed by atoms with van der Waals surface area (Å²) < 4.78 is 12.2. The zero-order chi connectivity index (χ0) is 19.8. The van der Waals surface area contributed by atoms with E-state index in [2.05, 4.69) is 5.32 Å². The Balaban J connectivity index is 1.94. The summed E-state index contributed by atoms with van der Waals surface area (Å²) in [6.07, 6.45) is -0.00918. The number of nitrogens with one attached hydrogen (secondary N) is 1. The minimum absolute atomic E-state index is 0.120. The molecule has 0 spiro atoms. The maximum absolute atomic E-state index is 12.2. The van der Waals surface area contributed by atoms with E-state index in [9.17, 15) is 23.9 Å². The van der Waals surface area contributed by atoms with Crippen molar-refractivity contribution in [2.24, 2.45) is 5.73 Å². The van der Waals surface area contributed by atoms with Gasteiger partial charge in [0, 0.05) is 22.8 Å². The number of amides is 2. The van der Waals surface area contributed by atoms with Gasteiger partial charge in [-0.2, -0.15) is 0 Å². The standard InChI is InChI=1S/C18H19N3O5S/c19-18(23)16(9-10-27(26)15-7-2-1-3-8-15)20-17(22)12-13-5-4-6-14(11-13)21(24)25/h1-8,11,16H,9-10,12H2,(H2,19,23)(H,20,22)/t16-,27+/m1/s1. The van der Waals surface area contributed by atoms with Gasteiger partial charge in [-0.25, -0.2) is 0 Å². The Kier molecular flexibility index (Phi) is 7.18. The number of rotatable bonds is 9. The summed E-state index contributed by atoms with van der Waals surface area (Å²) in [6, 6.07) is 13.5. The SMILES string of the molecule is NC(=O)[C@@H](CC[S@](=O)c1ccccc1)NC(=O)Cc1cccc([N+](=O)[O-])c1. The number of benzene rings is 2. The van der Waals surface area contributed by atoms with Crippen molar-refractivity contribution in [2.75, 3.05) is 5.75 Å². The van der Waals surface area contributed by atoms with Crippen molar-refractivity contribution < 1.29 is 18.7 Å². The Morgan fingerprint density at radius 1 is 1.15 bits per heavy atom. The summed E-state index contributed by atoms with van der Waals surface area (Å²) in [5.41, 5.74) is 5.65. The molecule has 0 saturated carbocycles. The molecule has 2 aromatic carbocycles. The lowest BCUT2D eigenvalue weighted by Gasteiger charge is -2.15. The van der Waals surface area contributed by atoms with Crippen molar-refractivity contribution in [3.05, 3.63) is 70.3 Å². The van der Waals surface area contributed by atoms with Gasteiger partial charge in [0.05, 0.1) is 22.1 Å². The van der Waals surface area contributed by atoms with Gasteiger partial charge in [-0.15, -0.1) is 0 Å². The maximum Gasteiger partial charge on any atom is 0.269 e. The van der Waals surface area contributed by atoms with Crippen LogP contribution in [0.25, 0.3) is 0 Å². The van der Waals surface area contributed by atoms with Crippen LogP contribution in [-0.4, -0.2) is 32.7 Å². The van der Waals surface area contributed by atoms with Gasteiger partial charge in [-0.1, -0.05) is 30.3 Å². The molecule has 0 aromatic heterocycles. The Morgan fingerprint density at radius 2 is 1.85 bits per heavy atom. The van der Waals surface area contributed by atoms with Crippen LogP contribution in [0, 0.1) is 10.1 Å². The molecular formula is C18H19N3O5S. The van der Waals surface area contributed by atoms with Crippen LogP contribution in [-0.2, 0) is 26.8 Å². The van der Waals surface area contributed by atoms with Crippen molar-refractivity contribution in [1.29, 1.82) is 0 Å². The van der Waals surface area contributed by atoms with E-state index >= 15 is 0 Å². The van der Waals surface area contributed by atoms with E-state index in [0.29, 0.717) is 10.5 Å². The molecule has 0 radical (unpaired) electrons. The van der Waals surface area contributed by atoms with Gasteiger partial charge in [0.15, 0.2) is 0 Å². The van der Waals surface area contributed by atoms with Crippen LogP contribution in [0.2, 0.25) is 0 Å². The van der Waals surface area contributed by atoms with Crippen LogP contribution in [0.5, 0.6) is 0 Å². The molecule has 2 atom stereocenters. The summed E-state index contributed by atoms with van der Waals surface area (Å²) in [5.74, 6) is -1.06. The van der Waals surface area contributed by atoms with E-state index in [1.165, 1.54) is 18.2 Å². The molecule has 8 nitrogen and oxygen atoms in total. The van der Waals surface area contributed by atoms with Gasteiger partial charge in [-0.3, -0.25) is 23.9 Å². The summed E-state index contributed by atoms with van der Waals surface area (Å²) in [5, 5.41) is 13.3. The van der Waals surface area contributed by atoms with E-state index in [4.69, 9.17) is 5.73 Å². The highest BCUT2D eigenvalue weighted by Crippen LogP contribution is 2.13. The molecule has 27 heavy (non-hydrogen) atoms. The first-order valence-electron chi connectivity index (χ1n) is 8.12. The van der Waals surface area contributed by atoms with Crippen molar-refractivity contribution in [2.45, 2.75) is 23.8 Å². The molecule has 0 heterocycles. The second kappa shape index (κ2) is 9.58. The Morgan fingerprint density at radius 3 is 2.48 bits per heavy atom. The zero-order valence-corrected chi connectivity index (χ0v) is 15.2. The number of hydrogen-bond acceptors (Lipinski definition) is 5. The van der Waals surface area contributed by atoms with Gasteiger partial charge >= 0.3 is 0 Å². The maximum atomic E-state index is 12.2. The zero-order valence-electron chi connectivity index (χ0n) is 14.4. The van der Waals surface area contributed by atoms with Gasteiger partial charge in [0.1, 0.15) is 6.04 Å². The van der Waals surface area contributed by atoms with Gasteiger partial charge < -0.3 is 11.1 Å². The molecule has 0 saturated heterocycles. The average molecular weight is 389 g/mol. The Labute approximate surface area is 158 Å².